The number of rotatable bonds is 11. The zero-order chi connectivity index (χ0) is 21.9. The van der Waals surface area contributed by atoms with E-state index in [9.17, 15) is 0 Å². The third-order valence-electron chi connectivity index (χ3n) is 4.90. The lowest BCUT2D eigenvalue weighted by molar-refractivity contribution is 0.324. The molecule has 1 aromatic carbocycles. The maximum absolute atomic E-state index is 5.48. The van der Waals surface area contributed by atoms with Crippen LogP contribution in [-0.2, 0) is 13.1 Å². The van der Waals surface area contributed by atoms with Crippen LogP contribution >= 0.6 is 0 Å². The van der Waals surface area contributed by atoms with Crippen molar-refractivity contribution in [1.82, 2.24) is 15.8 Å². The highest BCUT2D eigenvalue weighted by Gasteiger charge is 2.14. The van der Waals surface area contributed by atoms with E-state index in [1.807, 2.05) is 25.1 Å². The summed E-state index contributed by atoms with van der Waals surface area (Å²) in [4.78, 5) is 4.66. The summed E-state index contributed by atoms with van der Waals surface area (Å²) >= 11 is 0. The van der Waals surface area contributed by atoms with Gasteiger partial charge in [0.1, 0.15) is 0 Å². The highest BCUT2D eigenvalue weighted by molar-refractivity contribution is 5.79. The van der Waals surface area contributed by atoms with Crippen LogP contribution in [0.15, 0.2) is 27.7 Å². The van der Waals surface area contributed by atoms with Gasteiger partial charge in [0.25, 0.3) is 0 Å². The number of hydrogen-bond acceptors (Lipinski definition) is 6. The van der Waals surface area contributed by atoms with E-state index in [1.165, 1.54) is 0 Å². The fourth-order valence-corrected chi connectivity index (χ4v) is 3.22. The molecule has 166 valence electrons. The van der Waals surface area contributed by atoms with Gasteiger partial charge in [0.2, 0.25) is 5.75 Å². The van der Waals surface area contributed by atoms with Gasteiger partial charge in [0.15, 0.2) is 23.2 Å². The molecule has 1 aromatic heterocycles. The van der Waals surface area contributed by atoms with Gasteiger partial charge in [0.05, 0.1) is 40.1 Å². The number of aliphatic imine (C=N–C) groups is 1. The Labute approximate surface area is 179 Å². The summed E-state index contributed by atoms with van der Waals surface area (Å²) in [6.45, 7) is 8.06. The Balaban J connectivity index is 2.09. The van der Waals surface area contributed by atoms with Gasteiger partial charge in [-0.25, -0.2) is 4.99 Å². The minimum Gasteiger partial charge on any atom is -0.493 e. The van der Waals surface area contributed by atoms with Crippen LogP contribution in [0, 0.1) is 0 Å². The van der Waals surface area contributed by atoms with Gasteiger partial charge in [-0.15, -0.1) is 0 Å². The van der Waals surface area contributed by atoms with Crippen molar-refractivity contribution in [3.63, 3.8) is 0 Å². The number of ether oxygens (including phenoxy) is 3. The van der Waals surface area contributed by atoms with Gasteiger partial charge in [-0.1, -0.05) is 19.0 Å². The average Bonchev–Trinajstić information content (AvgIpc) is 3.24. The SMILES string of the molecule is CCNC(=NCc1cc(OC)c(OC)c(OC)c1)NCc1cc(C(CC)CC)no1. The second-order valence-electron chi connectivity index (χ2n) is 6.81. The van der Waals surface area contributed by atoms with E-state index in [0.29, 0.717) is 42.2 Å². The van der Waals surface area contributed by atoms with Crippen molar-refractivity contribution in [2.45, 2.75) is 52.6 Å². The maximum atomic E-state index is 5.48. The van der Waals surface area contributed by atoms with Crippen LogP contribution in [0.4, 0.5) is 0 Å². The van der Waals surface area contributed by atoms with Gasteiger partial charge in [0, 0.05) is 18.5 Å². The van der Waals surface area contributed by atoms with E-state index < -0.39 is 0 Å². The molecule has 0 radical (unpaired) electrons. The molecule has 0 fully saturated rings. The molecule has 0 amide bonds. The molecule has 8 nitrogen and oxygen atoms in total. The van der Waals surface area contributed by atoms with Crippen molar-refractivity contribution in [3.05, 3.63) is 35.2 Å². The van der Waals surface area contributed by atoms with Crippen molar-refractivity contribution in [3.8, 4) is 17.2 Å². The van der Waals surface area contributed by atoms with Crippen molar-refractivity contribution in [1.29, 1.82) is 0 Å². The Bertz CT molecular complexity index is 790. The monoisotopic (exact) mass is 418 g/mol. The van der Waals surface area contributed by atoms with E-state index in [0.717, 1.165) is 36.4 Å². The number of guanidine groups is 1. The molecule has 0 bridgehead atoms. The predicted octanol–water partition coefficient (Wildman–Crippen LogP) is 3.86. The summed E-state index contributed by atoms with van der Waals surface area (Å²) in [5.74, 6) is 3.69. The highest BCUT2D eigenvalue weighted by Crippen LogP contribution is 2.38. The van der Waals surface area contributed by atoms with E-state index >= 15 is 0 Å². The molecule has 2 rings (SSSR count). The number of hydrogen-bond donors (Lipinski definition) is 2. The van der Waals surface area contributed by atoms with Crippen molar-refractivity contribution in [2.24, 2.45) is 4.99 Å². The first-order valence-electron chi connectivity index (χ1n) is 10.4. The first-order chi connectivity index (χ1) is 14.6. The van der Waals surface area contributed by atoms with Crippen molar-refractivity contribution < 1.29 is 18.7 Å². The Morgan fingerprint density at radius 1 is 1.00 bits per heavy atom. The van der Waals surface area contributed by atoms with Crippen LogP contribution < -0.4 is 24.8 Å². The molecule has 1 heterocycles. The van der Waals surface area contributed by atoms with Crippen molar-refractivity contribution >= 4 is 5.96 Å². The minimum atomic E-state index is 0.435. The summed E-state index contributed by atoms with van der Waals surface area (Å²) in [6, 6.07) is 5.81. The first-order valence-corrected chi connectivity index (χ1v) is 10.4. The lowest BCUT2D eigenvalue weighted by atomic mass is 9.99. The van der Waals surface area contributed by atoms with Crippen LogP contribution in [-0.4, -0.2) is 39.0 Å². The Kier molecular flexibility index (Phi) is 9.31. The summed E-state index contributed by atoms with van der Waals surface area (Å²) < 4.78 is 21.7. The smallest absolute Gasteiger partial charge is 0.203 e. The number of nitrogens with zero attached hydrogens (tertiary/aromatic N) is 2. The quantitative estimate of drug-likeness (QED) is 0.423. The summed E-state index contributed by atoms with van der Waals surface area (Å²) in [5, 5.41) is 10.8. The molecule has 0 aliphatic carbocycles. The third-order valence-corrected chi connectivity index (χ3v) is 4.90. The Morgan fingerprint density at radius 2 is 1.67 bits per heavy atom. The third kappa shape index (κ3) is 6.05. The molecule has 0 unspecified atom stereocenters. The van der Waals surface area contributed by atoms with Gasteiger partial charge < -0.3 is 29.4 Å². The normalized spacial score (nSPS) is 11.5. The largest absolute Gasteiger partial charge is 0.493 e. The second-order valence-corrected chi connectivity index (χ2v) is 6.81. The number of benzene rings is 1. The van der Waals surface area contributed by atoms with E-state index in [1.54, 1.807) is 21.3 Å². The molecule has 0 aliphatic heterocycles. The lowest BCUT2D eigenvalue weighted by Gasteiger charge is -2.14. The standard InChI is InChI=1S/C22H34N4O4/c1-7-16(8-2)18-12-17(30-26-18)14-25-22(23-9-3)24-13-15-10-19(27-4)21(29-6)20(11-15)28-5/h10-12,16H,7-9,13-14H2,1-6H3,(H2,23,24,25). The van der Waals surface area contributed by atoms with E-state index in [-0.39, 0.29) is 0 Å². The van der Waals surface area contributed by atoms with E-state index in [2.05, 4.69) is 34.6 Å². The molecule has 0 spiro atoms. The minimum absolute atomic E-state index is 0.435. The molecular weight excluding hydrogens is 384 g/mol. The average molecular weight is 419 g/mol. The predicted molar refractivity (Wildman–Crippen MR) is 118 cm³/mol. The van der Waals surface area contributed by atoms with Gasteiger partial charge in [-0.3, -0.25) is 0 Å². The number of aromatic nitrogens is 1. The van der Waals surface area contributed by atoms with Crippen LogP contribution in [0.25, 0.3) is 0 Å². The molecule has 0 saturated heterocycles. The first kappa shape index (κ1) is 23.4. The summed E-state index contributed by atoms with van der Waals surface area (Å²) in [5.41, 5.74) is 1.95. The van der Waals surface area contributed by atoms with Crippen LogP contribution in [0.1, 0.15) is 56.5 Å². The Hall–Kier alpha value is -2.90. The fraction of sp³-hybridized carbons (Fsp3) is 0.545. The van der Waals surface area contributed by atoms with Gasteiger partial charge >= 0.3 is 0 Å². The molecule has 2 N–H and O–H groups in total. The summed E-state index contributed by atoms with van der Waals surface area (Å²) in [6.07, 6.45) is 2.10. The molecule has 0 aliphatic rings. The topological polar surface area (TPSA) is 90.1 Å². The van der Waals surface area contributed by atoms with Crippen LogP contribution in [0.2, 0.25) is 0 Å². The van der Waals surface area contributed by atoms with Crippen LogP contribution in [0.3, 0.4) is 0 Å². The molecule has 2 aromatic rings. The zero-order valence-electron chi connectivity index (χ0n) is 18.9. The maximum Gasteiger partial charge on any atom is 0.203 e. The fourth-order valence-electron chi connectivity index (χ4n) is 3.22. The molecular formula is C22H34N4O4. The molecule has 8 heteroatoms. The van der Waals surface area contributed by atoms with E-state index in [4.69, 9.17) is 18.7 Å². The molecule has 0 saturated carbocycles. The number of methoxy groups -OCH3 is 3. The number of nitrogens with one attached hydrogen (secondary N) is 2. The summed E-state index contributed by atoms with van der Waals surface area (Å²) in [7, 11) is 4.79. The van der Waals surface area contributed by atoms with Crippen LogP contribution in [0.5, 0.6) is 17.2 Å². The molecule has 0 atom stereocenters. The van der Waals surface area contributed by atoms with Gasteiger partial charge in [-0.05, 0) is 37.5 Å². The zero-order valence-corrected chi connectivity index (χ0v) is 18.9. The van der Waals surface area contributed by atoms with Crippen molar-refractivity contribution in [2.75, 3.05) is 27.9 Å². The molecule has 30 heavy (non-hydrogen) atoms. The second kappa shape index (κ2) is 11.9. The highest BCUT2D eigenvalue weighted by atomic mass is 16.5. The Morgan fingerprint density at radius 3 is 2.20 bits per heavy atom. The lowest BCUT2D eigenvalue weighted by Crippen LogP contribution is -2.36. The van der Waals surface area contributed by atoms with Gasteiger partial charge in [-0.2, -0.15) is 0 Å².